The Bertz CT molecular complexity index is 181. The molecule has 0 aliphatic carbocycles. The van der Waals surface area contributed by atoms with E-state index in [1.807, 2.05) is 0 Å². The van der Waals surface area contributed by atoms with Gasteiger partial charge in [-0.1, -0.05) is 30.6 Å². The smallest absolute Gasteiger partial charge is 0.0649 e. The zero-order valence-electron chi connectivity index (χ0n) is 10.8. The van der Waals surface area contributed by atoms with E-state index in [9.17, 15) is 0 Å². The van der Waals surface area contributed by atoms with Gasteiger partial charge >= 0.3 is 0 Å². The van der Waals surface area contributed by atoms with Gasteiger partial charge in [0.15, 0.2) is 0 Å². The van der Waals surface area contributed by atoms with Crippen LogP contribution >= 0.6 is 0 Å². The lowest BCUT2D eigenvalue weighted by Crippen LogP contribution is -1.97. The molecule has 0 bridgehead atoms. The third kappa shape index (κ3) is 13.4. The Morgan fingerprint density at radius 3 is 2.00 bits per heavy atom. The lowest BCUT2D eigenvalue weighted by atomic mass is 10.2. The van der Waals surface area contributed by atoms with Crippen molar-refractivity contribution in [1.29, 1.82) is 0 Å². The van der Waals surface area contributed by atoms with Crippen molar-refractivity contribution >= 4 is 0 Å². The first-order valence-corrected chi connectivity index (χ1v) is 6.17. The first-order chi connectivity index (χ1) is 7.77. The molecule has 2 heteroatoms. The summed E-state index contributed by atoms with van der Waals surface area (Å²) in [5.41, 5.74) is 1.32. The van der Waals surface area contributed by atoms with Crippen molar-refractivity contribution in [2.75, 3.05) is 26.4 Å². The van der Waals surface area contributed by atoms with Crippen LogP contribution in [0.1, 0.15) is 39.5 Å². The van der Waals surface area contributed by atoms with Gasteiger partial charge < -0.3 is 9.47 Å². The van der Waals surface area contributed by atoms with Crippen LogP contribution in [0.15, 0.2) is 24.3 Å². The molecular formula is C14H26O2. The van der Waals surface area contributed by atoms with Crippen LogP contribution in [0, 0.1) is 0 Å². The molecule has 0 heterocycles. The van der Waals surface area contributed by atoms with E-state index in [0.717, 1.165) is 32.7 Å². The highest BCUT2D eigenvalue weighted by atomic mass is 16.5. The highest BCUT2D eigenvalue weighted by Crippen LogP contribution is 2.00. The fourth-order valence-corrected chi connectivity index (χ4v) is 1.24. The van der Waals surface area contributed by atoms with E-state index in [2.05, 4.69) is 26.5 Å². The van der Waals surface area contributed by atoms with E-state index in [1.54, 1.807) is 6.08 Å². The maximum atomic E-state index is 5.47. The zero-order valence-corrected chi connectivity index (χ0v) is 10.8. The Labute approximate surface area is 100 Å². The van der Waals surface area contributed by atoms with E-state index >= 15 is 0 Å². The molecule has 0 radical (unpaired) electrons. The number of allylic oxidation sites excluding steroid dienone is 1. The first kappa shape index (κ1) is 15.4. The topological polar surface area (TPSA) is 18.5 Å². The molecule has 0 spiro atoms. The van der Waals surface area contributed by atoms with Crippen LogP contribution in [0.4, 0.5) is 0 Å². The molecule has 0 saturated carbocycles. The standard InChI is InChI=1S/C14H26O2/c1-4-10-15-11-7-5-6-8-12-16-13-9-14(2)3/h4,9H,1,5-8,10-13H2,2-3H3. The molecule has 0 aliphatic heterocycles. The summed E-state index contributed by atoms with van der Waals surface area (Å²) in [5.74, 6) is 0. The Balaban J connectivity index is 2.98. The summed E-state index contributed by atoms with van der Waals surface area (Å²) in [5, 5.41) is 0. The molecule has 0 amide bonds. The Kier molecular flexibility index (Phi) is 12.0. The van der Waals surface area contributed by atoms with Crippen molar-refractivity contribution < 1.29 is 9.47 Å². The van der Waals surface area contributed by atoms with Crippen molar-refractivity contribution in [2.24, 2.45) is 0 Å². The molecular weight excluding hydrogens is 200 g/mol. The van der Waals surface area contributed by atoms with Gasteiger partial charge in [-0.25, -0.2) is 0 Å². The molecule has 0 aliphatic rings. The van der Waals surface area contributed by atoms with E-state index in [0.29, 0.717) is 6.61 Å². The van der Waals surface area contributed by atoms with Gasteiger partial charge in [-0.05, 0) is 26.7 Å². The number of ether oxygens (including phenoxy) is 2. The normalized spacial score (nSPS) is 10.1. The minimum Gasteiger partial charge on any atom is -0.377 e. The van der Waals surface area contributed by atoms with Gasteiger partial charge in [0.1, 0.15) is 0 Å². The van der Waals surface area contributed by atoms with Crippen LogP contribution in [-0.2, 0) is 9.47 Å². The highest BCUT2D eigenvalue weighted by molar-refractivity contribution is 4.92. The Morgan fingerprint density at radius 1 is 0.938 bits per heavy atom. The average Bonchev–Trinajstić information content (AvgIpc) is 2.25. The van der Waals surface area contributed by atoms with Crippen LogP contribution in [-0.4, -0.2) is 26.4 Å². The zero-order chi connectivity index (χ0) is 12.1. The van der Waals surface area contributed by atoms with E-state index in [4.69, 9.17) is 9.47 Å². The monoisotopic (exact) mass is 226 g/mol. The molecule has 2 nitrogen and oxygen atoms in total. The summed E-state index contributed by atoms with van der Waals surface area (Å²) < 4.78 is 10.8. The lowest BCUT2D eigenvalue weighted by molar-refractivity contribution is 0.147. The van der Waals surface area contributed by atoms with Crippen LogP contribution in [0.5, 0.6) is 0 Å². The van der Waals surface area contributed by atoms with Gasteiger partial charge in [0, 0.05) is 13.2 Å². The van der Waals surface area contributed by atoms with E-state index in [-0.39, 0.29) is 0 Å². The van der Waals surface area contributed by atoms with Gasteiger partial charge in [-0.2, -0.15) is 0 Å². The SMILES string of the molecule is C=CCOCCCCCCOCC=C(C)C. The summed E-state index contributed by atoms with van der Waals surface area (Å²) in [7, 11) is 0. The number of hydrogen-bond donors (Lipinski definition) is 0. The van der Waals surface area contributed by atoms with Crippen LogP contribution < -0.4 is 0 Å². The molecule has 0 rings (SSSR count). The summed E-state index contributed by atoms with van der Waals surface area (Å²) in [6, 6.07) is 0. The quantitative estimate of drug-likeness (QED) is 0.395. The number of hydrogen-bond acceptors (Lipinski definition) is 2. The minimum absolute atomic E-state index is 0.672. The van der Waals surface area contributed by atoms with Crippen LogP contribution in [0.2, 0.25) is 0 Å². The molecule has 0 fully saturated rings. The maximum absolute atomic E-state index is 5.47. The number of unbranched alkanes of at least 4 members (excludes halogenated alkanes) is 3. The third-order valence-corrected chi connectivity index (χ3v) is 2.17. The van der Waals surface area contributed by atoms with Gasteiger partial charge in [-0.15, -0.1) is 6.58 Å². The molecule has 94 valence electrons. The minimum atomic E-state index is 0.672. The Hall–Kier alpha value is -0.600. The number of rotatable bonds is 11. The van der Waals surface area contributed by atoms with Crippen molar-refractivity contribution in [1.82, 2.24) is 0 Å². The fraction of sp³-hybridized carbons (Fsp3) is 0.714. The molecule has 0 N–H and O–H groups in total. The maximum Gasteiger partial charge on any atom is 0.0649 e. The van der Waals surface area contributed by atoms with Crippen LogP contribution in [0.25, 0.3) is 0 Å². The molecule has 0 aromatic heterocycles. The largest absolute Gasteiger partial charge is 0.377 e. The molecule has 16 heavy (non-hydrogen) atoms. The lowest BCUT2D eigenvalue weighted by Gasteiger charge is -2.03. The van der Waals surface area contributed by atoms with Gasteiger partial charge in [0.2, 0.25) is 0 Å². The van der Waals surface area contributed by atoms with Crippen molar-refractivity contribution in [3.05, 3.63) is 24.3 Å². The molecule has 0 saturated heterocycles. The summed E-state index contributed by atoms with van der Waals surface area (Å²) in [6.07, 6.45) is 8.65. The van der Waals surface area contributed by atoms with E-state index < -0.39 is 0 Å². The van der Waals surface area contributed by atoms with Gasteiger partial charge in [0.05, 0.1) is 13.2 Å². The highest BCUT2D eigenvalue weighted by Gasteiger charge is 1.91. The second kappa shape index (κ2) is 12.5. The predicted octanol–water partition coefficient (Wildman–Crippen LogP) is 3.73. The van der Waals surface area contributed by atoms with E-state index in [1.165, 1.54) is 18.4 Å². The van der Waals surface area contributed by atoms with Crippen molar-refractivity contribution in [2.45, 2.75) is 39.5 Å². The predicted molar refractivity (Wildman–Crippen MR) is 69.7 cm³/mol. The molecule has 0 aromatic carbocycles. The summed E-state index contributed by atoms with van der Waals surface area (Å²) in [6.45, 7) is 10.9. The third-order valence-electron chi connectivity index (χ3n) is 2.17. The second-order valence-corrected chi connectivity index (χ2v) is 4.13. The Morgan fingerprint density at radius 2 is 1.50 bits per heavy atom. The molecule has 0 unspecified atom stereocenters. The van der Waals surface area contributed by atoms with Crippen LogP contribution in [0.3, 0.4) is 0 Å². The average molecular weight is 226 g/mol. The van der Waals surface area contributed by atoms with Gasteiger partial charge in [-0.3, -0.25) is 0 Å². The first-order valence-electron chi connectivity index (χ1n) is 6.17. The summed E-state index contributed by atoms with van der Waals surface area (Å²) >= 11 is 0. The second-order valence-electron chi connectivity index (χ2n) is 4.13. The van der Waals surface area contributed by atoms with Gasteiger partial charge in [0.25, 0.3) is 0 Å². The van der Waals surface area contributed by atoms with Crippen molar-refractivity contribution in [3.63, 3.8) is 0 Å². The fourth-order valence-electron chi connectivity index (χ4n) is 1.24. The molecule has 0 aromatic rings. The summed E-state index contributed by atoms with van der Waals surface area (Å²) in [4.78, 5) is 0. The molecule has 0 atom stereocenters. The van der Waals surface area contributed by atoms with Crippen molar-refractivity contribution in [3.8, 4) is 0 Å².